The summed E-state index contributed by atoms with van der Waals surface area (Å²) in [7, 11) is 0. The van der Waals surface area contributed by atoms with Crippen LogP contribution >= 0.6 is 23.2 Å². The second-order valence-corrected chi connectivity index (χ2v) is 9.99. The summed E-state index contributed by atoms with van der Waals surface area (Å²) in [5, 5.41) is 13.9. The van der Waals surface area contributed by atoms with Crippen LogP contribution in [-0.4, -0.2) is 39.3 Å². The molecule has 1 aliphatic rings. The largest absolute Gasteiger partial charge is 0.462 e. The molecule has 1 saturated carbocycles. The number of carbonyl (C=O) groups excluding carboxylic acids is 1. The number of aromatic nitrogens is 4. The highest BCUT2D eigenvalue weighted by molar-refractivity contribution is 6.39. The molecule has 0 saturated heterocycles. The molecule has 5 rings (SSSR count). The van der Waals surface area contributed by atoms with Gasteiger partial charge in [0.05, 0.1) is 46.4 Å². The van der Waals surface area contributed by atoms with Crippen LogP contribution in [-0.2, 0) is 22.5 Å². The Bertz CT molecular complexity index is 1390. The lowest BCUT2D eigenvalue weighted by Crippen LogP contribution is -2.05. The molecule has 0 N–H and O–H groups in total. The van der Waals surface area contributed by atoms with E-state index in [1.807, 2.05) is 18.3 Å². The van der Waals surface area contributed by atoms with Gasteiger partial charge < -0.3 is 14.0 Å². The number of esters is 1. The molecule has 0 amide bonds. The van der Waals surface area contributed by atoms with Crippen LogP contribution in [0.2, 0.25) is 10.0 Å². The zero-order valence-corrected chi connectivity index (χ0v) is 22.5. The maximum Gasteiger partial charge on any atom is 0.338 e. The fourth-order valence-corrected chi connectivity index (χ4v) is 4.84. The third kappa shape index (κ3) is 6.09. The highest BCUT2D eigenvalue weighted by Crippen LogP contribution is 2.46. The number of unbranched alkanes of at least 4 members (excludes halogenated alkanes) is 1. The number of halogens is 2. The third-order valence-electron chi connectivity index (χ3n) is 6.35. The van der Waals surface area contributed by atoms with Gasteiger partial charge in [0, 0.05) is 23.7 Å². The molecular weight excluding hydrogens is 527 g/mol. The summed E-state index contributed by atoms with van der Waals surface area (Å²) in [4.78, 5) is 12.0. The van der Waals surface area contributed by atoms with E-state index >= 15 is 0 Å². The molecule has 2 aromatic heterocycles. The minimum Gasteiger partial charge on any atom is -0.462 e. The Kier molecular flexibility index (Phi) is 8.42. The van der Waals surface area contributed by atoms with Gasteiger partial charge in [-0.05, 0) is 69.4 Å². The minimum absolute atomic E-state index is 0.331. The quantitative estimate of drug-likeness (QED) is 0.140. The Morgan fingerprint density at radius 1 is 1.13 bits per heavy atom. The lowest BCUT2D eigenvalue weighted by atomic mass is 10.0. The van der Waals surface area contributed by atoms with Crippen LogP contribution < -0.4 is 0 Å². The highest BCUT2D eigenvalue weighted by atomic mass is 35.5. The van der Waals surface area contributed by atoms with Crippen molar-refractivity contribution in [2.45, 2.75) is 51.6 Å². The molecule has 38 heavy (non-hydrogen) atoms. The van der Waals surface area contributed by atoms with E-state index < -0.39 is 0 Å². The van der Waals surface area contributed by atoms with Crippen molar-refractivity contribution < 1.29 is 18.8 Å². The third-order valence-corrected chi connectivity index (χ3v) is 6.98. The van der Waals surface area contributed by atoms with Crippen molar-refractivity contribution in [1.82, 2.24) is 20.2 Å². The molecule has 0 spiro atoms. The maximum atomic E-state index is 12.0. The summed E-state index contributed by atoms with van der Waals surface area (Å²) in [5.41, 5.74) is 4.38. The fraction of sp³-hybridized carbons (Fsp3) is 0.357. The summed E-state index contributed by atoms with van der Waals surface area (Å²) in [6.07, 6.45) is 6.57. The SMILES string of the molecule is CCOC(=O)c1cccc(-n2cc(CCCCOCc3c(-c4c(Cl)cccc4Cl)noc3C3CC3)nn2)c1. The Hall–Kier alpha value is -3.20. The van der Waals surface area contributed by atoms with Crippen LogP contribution in [0.5, 0.6) is 0 Å². The van der Waals surface area contributed by atoms with Gasteiger partial charge in [-0.2, -0.15) is 0 Å². The summed E-state index contributed by atoms with van der Waals surface area (Å²) >= 11 is 12.9. The summed E-state index contributed by atoms with van der Waals surface area (Å²) in [5.74, 6) is 0.906. The van der Waals surface area contributed by atoms with Gasteiger partial charge in [-0.15, -0.1) is 5.10 Å². The molecule has 0 radical (unpaired) electrons. The van der Waals surface area contributed by atoms with E-state index in [4.69, 9.17) is 37.2 Å². The van der Waals surface area contributed by atoms with Crippen LogP contribution in [0.4, 0.5) is 0 Å². The number of rotatable bonds is 12. The van der Waals surface area contributed by atoms with Crippen LogP contribution in [0.15, 0.2) is 53.2 Å². The normalized spacial score (nSPS) is 13.1. The van der Waals surface area contributed by atoms with Gasteiger partial charge in [-0.1, -0.05) is 45.7 Å². The molecule has 10 heteroatoms. The molecular formula is C28H28Cl2N4O4. The van der Waals surface area contributed by atoms with Crippen molar-refractivity contribution >= 4 is 29.2 Å². The summed E-state index contributed by atoms with van der Waals surface area (Å²) in [6.45, 7) is 3.09. The monoisotopic (exact) mass is 554 g/mol. The van der Waals surface area contributed by atoms with Gasteiger partial charge in [-0.3, -0.25) is 0 Å². The Morgan fingerprint density at radius 2 is 1.92 bits per heavy atom. The van der Waals surface area contributed by atoms with Crippen LogP contribution in [0.1, 0.15) is 65.9 Å². The van der Waals surface area contributed by atoms with Crippen molar-refractivity contribution in [2.24, 2.45) is 0 Å². The first-order valence-electron chi connectivity index (χ1n) is 12.7. The molecule has 4 aromatic rings. The Balaban J connectivity index is 1.14. The molecule has 198 valence electrons. The van der Waals surface area contributed by atoms with Gasteiger partial charge >= 0.3 is 5.97 Å². The zero-order valence-electron chi connectivity index (χ0n) is 21.0. The van der Waals surface area contributed by atoms with E-state index in [1.165, 1.54) is 0 Å². The van der Waals surface area contributed by atoms with Gasteiger partial charge in [0.2, 0.25) is 0 Å². The standard InChI is InChI=1S/C28H28Cl2N4O4/c1-2-37-28(35)19-7-5-9-21(15-19)34-16-20(31-33-34)8-3-4-14-36-17-22-26(32-38-27(22)18-12-13-18)25-23(29)10-6-11-24(25)30/h5-7,9-11,15-16,18H,2-4,8,12-14,17H2,1H3. The Morgan fingerprint density at radius 3 is 2.68 bits per heavy atom. The van der Waals surface area contributed by atoms with Crippen molar-refractivity contribution in [1.29, 1.82) is 0 Å². The topological polar surface area (TPSA) is 92.3 Å². The molecule has 2 aromatic carbocycles. The van der Waals surface area contributed by atoms with E-state index in [1.54, 1.807) is 41.9 Å². The Labute approximate surface area is 230 Å². The second-order valence-electron chi connectivity index (χ2n) is 9.18. The highest BCUT2D eigenvalue weighted by Gasteiger charge is 2.33. The number of nitrogens with zero attached hydrogens (tertiary/aromatic N) is 4. The first kappa shape index (κ1) is 26.4. The van der Waals surface area contributed by atoms with Gasteiger partial charge in [0.1, 0.15) is 11.5 Å². The van der Waals surface area contributed by atoms with Crippen molar-refractivity contribution in [3.8, 4) is 16.9 Å². The predicted molar refractivity (Wildman–Crippen MR) is 144 cm³/mol. The second kappa shape index (κ2) is 12.1. The van der Waals surface area contributed by atoms with Crippen molar-refractivity contribution in [2.75, 3.05) is 13.2 Å². The summed E-state index contributed by atoms with van der Waals surface area (Å²) in [6, 6.07) is 12.5. The average Bonchev–Trinajstić information content (AvgIpc) is 3.51. The molecule has 0 atom stereocenters. The van der Waals surface area contributed by atoms with E-state index in [0.717, 1.165) is 54.8 Å². The van der Waals surface area contributed by atoms with Crippen molar-refractivity contribution in [3.63, 3.8) is 0 Å². The molecule has 0 bridgehead atoms. The van der Waals surface area contributed by atoms with Gasteiger partial charge in [-0.25, -0.2) is 9.48 Å². The molecule has 0 aliphatic heterocycles. The zero-order chi connectivity index (χ0) is 26.5. The number of hydrogen-bond donors (Lipinski definition) is 0. The molecule has 1 fully saturated rings. The summed E-state index contributed by atoms with van der Waals surface area (Å²) < 4.78 is 18.5. The minimum atomic E-state index is -0.354. The first-order valence-corrected chi connectivity index (χ1v) is 13.5. The number of benzene rings is 2. The number of carbonyl (C=O) groups is 1. The average molecular weight is 555 g/mol. The fourth-order valence-electron chi connectivity index (χ4n) is 4.26. The van der Waals surface area contributed by atoms with Crippen LogP contribution in [0.3, 0.4) is 0 Å². The molecule has 1 aliphatic carbocycles. The van der Waals surface area contributed by atoms with E-state index in [2.05, 4.69) is 15.5 Å². The van der Waals surface area contributed by atoms with E-state index in [0.29, 0.717) is 52.6 Å². The smallest absolute Gasteiger partial charge is 0.338 e. The lowest BCUT2D eigenvalue weighted by Gasteiger charge is -2.08. The first-order chi connectivity index (χ1) is 18.5. The van der Waals surface area contributed by atoms with Crippen molar-refractivity contribution in [3.05, 3.63) is 81.3 Å². The molecule has 8 nitrogen and oxygen atoms in total. The molecule has 0 unspecified atom stereocenters. The van der Waals surface area contributed by atoms with Crippen LogP contribution in [0.25, 0.3) is 16.9 Å². The maximum absolute atomic E-state index is 12.0. The van der Waals surface area contributed by atoms with Gasteiger partial charge in [0.25, 0.3) is 0 Å². The number of aryl methyl sites for hydroxylation is 1. The van der Waals surface area contributed by atoms with Gasteiger partial charge in [0.15, 0.2) is 0 Å². The molecule has 2 heterocycles. The lowest BCUT2D eigenvalue weighted by molar-refractivity contribution is 0.0526. The van der Waals surface area contributed by atoms with Crippen LogP contribution in [0, 0.1) is 0 Å². The number of hydrogen-bond acceptors (Lipinski definition) is 7. The van der Waals surface area contributed by atoms with E-state index in [-0.39, 0.29) is 5.97 Å². The predicted octanol–water partition coefficient (Wildman–Crippen LogP) is 6.82. The number of ether oxygens (including phenoxy) is 2. The van der Waals surface area contributed by atoms with E-state index in [9.17, 15) is 4.79 Å².